The Morgan fingerprint density at radius 3 is 2.59 bits per heavy atom. The van der Waals surface area contributed by atoms with E-state index >= 15 is 0 Å². The van der Waals surface area contributed by atoms with Crippen molar-refractivity contribution in [3.63, 3.8) is 0 Å². The Morgan fingerprint density at radius 1 is 1.30 bits per heavy atom. The Labute approximate surface area is 161 Å². The van der Waals surface area contributed by atoms with Gasteiger partial charge in [0.1, 0.15) is 5.75 Å². The van der Waals surface area contributed by atoms with Crippen molar-refractivity contribution in [3.8, 4) is 5.75 Å². The molecule has 1 saturated heterocycles. The Kier molecular flexibility index (Phi) is 5.85. The SMILES string of the molecule is COc1ccc(CC(C)NC[C@@H]2CC(=O)N(C)[C@H]2c2cnn(C)c2C)cc1. The van der Waals surface area contributed by atoms with Gasteiger partial charge in [0, 0.05) is 50.3 Å². The molecule has 3 rings (SSSR count). The monoisotopic (exact) mass is 370 g/mol. The first-order valence-electron chi connectivity index (χ1n) is 9.51. The number of hydrogen-bond donors (Lipinski definition) is 1. The molecule has 1 unspecified atom stereocenters. The van der Waals surface area contributed by atoms with Gasteiger partial charge in [0.25, 0.3) is 0 Å². The topological polar surface area (TPSA) is 59.4 Å². The van der Waals surface area contributed by atoms with Crippen molar-refractivity contribution in [1.29, 1.82) is 0 Å². The molecule has 1 aromatic heterocycles. The van der Waals surface area contributed by atoms with Crippen LogP contribution in [0.5, 0.6) is 5.75 Å². The molecule has 0 radical (unpaired) electrons. The summed E-state index contributed by atoms with van der Waals surface area (Å²) in [5.74, 6) is 1.34. The van der Waals surface area contributed by atoms with E-state index in [4.69, 9.17) is 4.74 Å². The molecule has 6 nitrogen and oxygen atoms in total. The lowest BCUT2D eigenvalue weighted by Crippen LogP contribution is -2.35. The molecule has 0 spiro atoms. The van der Waals surface area contributed by atoms with Crippen LogP contribution < -0.4 is 10.1 Å². The minimum Gasteiger partial charge on any atom is -0.497 e. The molecule has 0 bridgehead atoms. The van der Waals surface area contributed by atoms with Crippen LogP contribution >= 0.6 is 0 Å². The van der Waals surface area contributed by atoms with Crippen molar-refractivity contribution < 1.29 is 9.53 Å². The van der Waals surface area contributed by atoms with E-state index < -0.39 is 0 Å². The van der Waals surface area contributed by atoms with E-state index in [1.807, 2.05) is 42.0 Å². The van der Waals surface area contributed by atoms with Gasteiger partial charge in [0.2, 0.25) is 5.91 Å². The van der Waals surface area contributed by atoms with Gasteiger partial charge in [-0.25, -0.2) is 0 Å². The number of likely N-dealkylation sites (tertiary alicyclic amines) is 1. The highest BCUT2D eigenvalue weighted by Gasteiger charge is 2.39. The number of ether oxygens (including phenoxy) is 1. The smallest absolute Gasteiger partial charge is 0.223 e. The Balaban J connectivity index is 1.62. The van der Waals surface area contributed by atoms with Crippen LogP contribution in [-0.2, 0) is 18.3 Å². The molecule has 3 atom stereocenters. The maximum atomic E-state index is 12.3. The number of nitrogens with one attached hydrogen (secondary N) is 1. The molecular formula is C21H30N4O2. The molecule has 1 aromatic carbocycles. The van der Waals surface area contributed by atoms with Gasteiger partial charge in [-0.1, -0.05) is 12.1 Å². The summed E-state index contributed by atoms with van der Waals surface area (Å²) >= 11 is 0. The van der Waals surface area contributed by atoms with Gasteiger partial charge in [-0.2, -0.15) is 5.10 Å². The number of carbonyl (C=O) groups excluding carboxylic acids is 1. The van der Waals surface area contributed by atoms with E-state index in [0.717, 1.165) is 30.0 Å². The van der Waals surface area contributed by atoms with Gasteiger partial charge in [-0.05, 0) is 38.0 Å². The quantitative estimate of drug-likeness (QED) is 0.813. The second-order valence-electron chi connectivity index (χ2n) is 7.58. The number of rotatable bonds is 7. The number of aromatic nitrogens is 2. The number of aryl methyl sites for hydroxylation is 1. The zero-order valence-electron chi connectivity index (χ0n) is 16.9. The highest BCUT2D eigenvalue weighted by molar-refractivity contribution is 5.79. The first-order chi connectivity index (χ1) is 12.9. The van der Waals surface area contributed by atoms with Crippen LogP contribution in [0.25, 0.3) is 0 Å². The lowest BCUT2D eigenvalue weighted by atomic mass is 9.93. The third-order valence-corrected chi connectivity index (χ3v) is 5.72. The number of amides is 1. The Hall–Kier alpha value is -2.34. The predicted molar refractivity (Wildman–Crippen MR) is 106 cm³/mol. The fourth-order valence-corrected chi connectivity index (χ4v) is 3.94. The molecule has 1 N–H and O–H groups in total. The largest absolute Gasteiger partial charge is 0.497 e. The lowest BCUT2D eigenvalue weighted by Gasteiger charge is -2.26. The van der Waals surface area contributed by atoms with Gasteiger partial charge in [0.05, 0.1) is 19.3 Å². The van der Waals surface area contributed by atoms with Crippen molar-refractivity contribution in [2.75, 3.05) is 20.7 Å². The van der Waals surface area contributed by atoms with Crippen molar-refractivity contribution in [2.24, 2.45) is 13.0 Å². The fraction of sp³-hybridized carbons (Fsp3) is 0.524. The molecule has 2 heterocycles. The first-order valence-corrected chi connectivity index (χ1v) is 9.51. The van der Waals surface area contributed by atoms with Crippen LogP contribution in [0.15, 0.2) is 30.5 Å². The van der Waals surface area contributed by atoms with E-state index in [1.165, 1.54) is 5.56 Å². The summed E-state index contributed by atoms with van der Waals surface area (Å²) in [5.41, 5.74) is 3.55. The number of nitrogens with zero attached hydrogens (tertiary/aromatic N) is 3. The summed E-state index contributed by atoms with van der Waals surface area (Å²) in [5, 5.41) is 8.00. The molecule has 1 aliphatic rings. The zero-order chi connectivity index (χ0) is 19.6. The highest BCUT2D eigenvalue weighted by atomic mass is 16.5. The van der Waals surface area contributed by atoms with Crippen molar-refractivity contribution >= 4 is 5.91 Å². The summed E-state index contributed by atoms with van der Waals surface area (Å²) in [6.45, 7) is 5.07. The maximum absolute atomic E-state index is 12.3. The minimum atomic E-state index is 0.0897. The lowest BCUT2D eigenvalue weighted by molar-refractivity contribution is -0.127. The van der Waals surface area contributed by atoms with Gasteiger partial charge < -0.3 is 15.0 Å². The molecule has 0 aliphatic carbocycles. The van der Waals surface area contributed by atoms with Crippen molar-refractivity contribution in [2.45, 2.75) is 38.8 Å². The number of hydrogen-bond acceptors (Lipinski definition) is 4. The fourth-order valence-electron chi connectivity index (χ4n) is 3.94. The maximum Gasteiger partial charge on any atom is 0.223 e. The molecule has 146 valence electrons. The second-order valence-corrected chi connectivity index (χ2v) is 7.58. The van der Waals surface area contributed by atoms with Gasteiger partial charge >= 0.3 is 0 Å². The van der Waals surface area contributed by atoms with Gasteiger partial charge in [-0.15, -0.1) is 0 Å². The van der Waals surface area contributed by atoms with Crippen LogP contribution in [0.2, 0.25) is 0 Å². The van der Waals surface area contributed by atoms with Gasteiger partial charge in [0.15, 0.2) is 0 Å². The van der Waals surface area contributed by atoms with E-state index in [-0.39, 0.29) is 17.9 Å². The van der Waals surface area contributed by atoms with E-state index in [2.05, 4.69) is 36.4 Å². The second kappa shape index (κ2) is 8.13. The van der Waals surface area contributed by atoms with Crippen molar-refractivity contribution in [3.05, 3.63) is 47.3 Å². The third kappa shape index (κ3) is 4.16. The number of methoxy groups -OCH3 is 1. The minimum absolute atomic E-state index is 0.0897. The summed E-state index contributed by atoms with van der Waals surface area (Å²) in [6, 6.07) is 8.61. The van der Waals surface area contributed by atoms with Crippen LogP contribution in [-0.4, -0.2) is 47.3 Å². The molecule has 0 saturated carbocycles. The number of carbonyl (C=O) groups is 1. The molecular weight excluding hydrogens is 340 g/mol. The molecule has 27 heavy (non-hydrogen) atoms. The van der Waals surface area contributed by atoms with Gasteiger partial charge in [-0.3, -0.25) is 9.48 Å². The summed E-state index contributed by atoms with van der Waals surface area (Å²) < 4.78 is 7.09. The summed E-state index contributed by atoms with van der Waals surface area (Å²) in [7, 11) is 5.53. The van der Waals surface area contributed by atoms with E-state index in [9.17, 15) is 4.79 Å². The van der Waals surface area contributed by atoms with Crippen molar-refractivity contribution in [1.82, 2.24) is 20.0 Å². The van der Waals surface area contributed by atoms with Crippen LogP contribution in [0.3, 0.4) is 0 Å². The van der Waals surface area contributed by atoms with E-state index in [1.54, 1.807) is 7.11 Å². The normalized spacial score (nSPS) is 20.9. The summed E-state index contributed by atoms with van der Waals surface area (Å²) in [6.07, 6.45) is 3.43. The van der Waals surface area contributed by atoms with Crippen LogP contribution in [0.1, 0.15) is 36.2 Å². The molecule has 1 aliphatic heterocycles. The Morgan fingerprint density at radius 2 is 2.00 bits per heavy atom. The zero-order valence-corrected chi connectivity index (χ0v) is 16.9. The predicted octanol–water partition coefficient (Wildman–Crippen LogP) is 2.48. The van der Waals surface area contributed by atoms with Crippen LogP contribution in [0.4, 0.5) is 0 Å². The third-order valence-electron chi connectivity index (χ3n) is 5.72. The molecule has 1 amide bonds. The standard InChI is InChI=1S/C21H30N4O2/c1-14(10-16-6-8-18(27-5)9-7-16)22-12-17-11-20(26)24(3)21(17)19-13-23-25(4)15(19)2/h6-9,13-14,17,21-22H,10-12H2,1-5H3/t14?,17-,21+/m0/s1. The highest BCUT2D eigenvalue weighted by Crippen LogP contribution is 2.37. The first kappa shape index (κ1) is 19.4. The number of benzene rings is 1. The molecule has 2 aromatic rings. The van der Waals surface area contributed by atoms with Crippen LogP contribution in [0, 0.1) is 12.8 Å². The van der Waals surface area contributed by atoms with E-state index in [0.29, 0.717) is 12.5 Å². The average Bonchev–Trinajstić information content (AvgIpc) is 3.13. The summed E-state index contributed by atoms with van der Waals surface area (Å²) in [4.78, 5) is 14.2. The molecule has 1 fully saturated rings. The molecule has 6 heteroatoms. The average molecular weight is 370 g/mol. The Bertz CT molecular complexity index is 784.